The Balaban J connectivity index is 1.86. The minimum atomic E-state index is -2.76. The van der Waals surface area contributed by atoms with Crippen molar-refractivity contribution in [2.75, 3.05) is 5.32 Å². The van der Waals surface area contributed by atoms with Crippen LogP contribution in [0.3, 0.4) is 0 Å². The standard InChI is InChI=1S/C18H18F2N4O/c1-12-7-8-16(24(12)18(19)20)17(25)22-15-6-4-3-5-14(15)11-23-10-9-21-13(23)2/h3-10,18H,11H2,1-2H3,(H,22,25). The van der Waals surface area contributed by atoms with Crippen LogP contribution in [-0.4, -0.2) is 20.0 Å². The van der Waals surface area contributed by atoms with Crippen molar-refractivity contribution >= 4 is 11.6 Å². The molecule has 3 aromatic rings. The van der Waals surface area contributed by atoms with Crippen LogP contribution in [0.2, 0.25) is 0 Å². The summed E-state index contributed by atoms with van der Waals surface area (Å²) >= 11 is 0. The number of nitrogens with one attached hydrogen (secondary N) is 1. The molecule has 25 heavy (non-hydrogen) atoms. The minimum absolute atomic E-state index is 0.0684. The highest BCUT2D eigenvalue weighted by molar-refractivity contribution is 6.03. The van der Waals surface area contributed by atoms with E-state index in [1.807, 2.05) is 29.8 Å². The van der Waals surface area contributed by atoms with Gasteiger partial charge in [0.1, 0.15) is 11.5 Å². The third-order valence-electron chi connectivity index (χ3n) is 4.08. The van der Waals surface area contributed by atoms with Crippen molar-refractivity contribution < 1.29 is 13.6 Å². The maximum Gasteiger partial charge on any atom is 0.319 e. The number of anilines is 1. The first-order chi connectivity index (χ1) is 12.0. The summed E-state index contributed by atoms with van der Waals surface area (Å²) in [6.45, 7) is 1.19. The van der Waals surface area contributed by atoms with E-state index in [2.05, 4.69) is 10.3 Å². The molecule has 0 atom stereocenters. The third-order valence-corrected chi connectivity index (χ3v) is 4.08. The molecule has 0 aliphatic carbocycles. The van der Waals surface area contributed by atoms with Gasteiger partial charge < -0.3 is 9.88 Å². The summed E-state index contributed by atoms with van der Waals surface area (Å²) in [5, 5.41) is 2.74. The second kappa shape index (κ2) is 6.88. The summed E-state index contributed by atoms with van der Waals surface area (Å²) in [4.78, 5) is 16.7. The van der Waals surface area contributed by atoms with E-state index in [-0.39, 0.29) is 5.69 Å². The van der Waals surface area contributed by atoms with E-state index in [1.165, 1.54) is 12.1 Å². The Morgan fingerprint density at radius 2 is 1.96 bits per heavy atom. The van der Waals surface area contributed by atoms with E-state index in [1.54, 1.807) is 25.3 Å². The van der Waals surface area contributed by atoms with Crippen LogP contribution >= 0.6 is 0 Å². The number of rotatable bonds is 5. The van der Waals surface area contributed by atoms with Gasteiger partial charge in [-0.1, -0.05) is 18.2 Å². The molecule has 5 nitrogen and oxygen atoms in total. The molecular weight excluding hydrogens is 326 g/mol. The number of hydrogen-bond donors (Lipinski definition) is 1. The number of aromatic nitrogens is 3. The van der Waals surface area contributed by atoms with Crippen LogP contribution in [0.15, 0.2) is 48.8 Å². The maximum atomic E-state index is 13.2. The molecule has 0 unspecified atom stereocenters. The number of para-hydroxylation sites is 1. The van der Waals surface area contributed by atoms with E-state index in [4.69, 9.17) is 0 Å². The van der Waals surface area contributed by atoms with Gasteiger partial charge in [-0.15, -0.1) is 0 Å². The quantitative estimate of drug-likeness (QED) is 0.761. The van der Waals surface area contributed by atoms with Crippen LogP contribution < -0.4 is 5.32 Å². The molecule has 3 rings (SSSR count). The Kier molecular flexibility index (Phi) is 4.65. The zero-order valence-corrected chi connectivity index (χ0v) is 13.9. The van der Waals surface area contributed by atoms with E-state index in [9.17, 15) is 13.6 Å². The predicted octanol–water partition coefficient (Wildman–Crippen LogP) is 4.00. The van der Waals surface area contributed by atoms with Crippen LogP contribution in [0.25, 0.3) is 0 Å². The number of aryl methyl sites for hydroxylation is 2. The number of carbonyl (C=O) groups excluding carboxylic acids is 1. The largest absolute Gasteiger partial charge is 0.331 e. The second-order valence-electron chi connectivity index (χ2n) is 5.72. The number of alkyl halides is 2. The van der Waals surface area contributed by atoms with E-state index in [0.29, 0.717) is 17.9 Å². The van der Waals surface area contributed by atoms with E-state index < -0.39 is 12.5 Å². The lowest BCUT2D eigenvalue weighted by Crippen LogP contribution is -2.19. The van der Waals surface area contributed by atoms with Gasteiger partial charge in [0.15, 0.2) is 0 Å². The van der Waals surface area contributed by atoms with Crippen LogP contribution in [0.5, 0.6) is 0 Å². The minimum Gasteiger partial charge on any atom is -0.331 e. The molecule has 0 spiro atoms. The zero-order chi connectivity index (χ0) is 18.0. The molecule has 0 fully saturated rings. The summed E-state index contributed by atoms with van der Waals surface area (Å²) < 4.78 is 29.0. The summed E-state index contributed by atoms with van der Waals surface area (Å²) in [6, 6.07) is 10.2. The lowest BCUT2D eigenvalue weighted by Gasteiger charge is -2.14. The van der Waals surface area contributed by atoms with Crippen LogP contribution in [0.1, 0.15) is 34.1 Å². The molecule has 0 saturated heterocycles. The molecule has 130 valence electrons. The fourth-order valence-electron chi connectivity index (χ4n) is 2.72. The molecule has 2 heterocycles. The molecule has 0 radical (unpaired) electrons. The van der Waals surface area contributed by atoms with Crippen molar-refractivity contribution in [3.05, 3.63) is 71.6 Å². The van der Waals surface area contributed by atoms with Gasteiger partial charge in [0.05, 0.1) is 6.54 Å². The van der Waals surface area contributed by atoms with Gasteiger partial charge in [0, 0.05) is 23.8 Å². The number of carbonyl (C=O) groups is 1. The normalized spacial score (nSPS) is 11.1. The molecular formula is C18H18F2N4O. The van der Waals surface area contributed by atoms with Crippen LogP contribution in [0.4, 0.5) is 14.5 Å². The van der Waals surface area contributed by atoms with Crippen molar-refractivity contribution in [2.45, 2.75) is 26.9 Å². The number of amides is 1. The Morgan fingerprint density at radius 3 is 2.64 bits per heavy atom. The highest BCUT2D eigenvalue weighted by atomic mass is 19.3. The van der Waals surface area contributed by atoms with Crippen LogP contribution in [-0.2, 0) is 6.54 Å². The molecule has 1 aromatic carbocycles. The van der Waals surface area contributed by atoms with Crippen LogP contribution in [0, 0.1) is 13.8 Å². The highest BCUT2D eigenvalue weighted by Crippen LogP contribution is 2.22. The topological polar surface area (TPSA) is 51.9 Å². The average Bonchev–Trinajstić information content (AvgIpc) is 3.15. The first-order valence-electron chi connectivity index (χ1n) is 7.80. The van der Waals surface area contributed by atoms with Crippen molar-refractivity contribution in [3.8, 4) is 0 Å². The second-order valence-corrected chi connectivity index (χ2v) is 5.72. The Labute approximate surface area is 143 Å². The van der Waals surface area contributed by atoms with Gasteiger partial charge in [0.25, 0.3) is 5.91 Å². The van der Waals surface area contributed by atoms with Crippen molar-refractivity contribution in [1.29, 1.82) is 0 Å². The fraction of sp³-hybridized carbons (Fsp3) is 0.222. The average molecular weight is 344 g/mol. The van der Waals surface area contributed by atoms with Gasteiger partial charge >= 0.3 is 6.55 Å². The molecule has 0 aliphatic rings. The van der Waals surface area contributed by atoms with Crippen molar-refractivity contribution in [3.63, 3.8) is 0 Å². The Bertz CT molecular complexity index is 898. The van der Waals surface area contributed by atoms with Gasteiger partial charge in [-0.2, -0.15) is 8.78 Å². The predicted molar refractivity (Wildman–Crippen MR) is 90.9 cm³/mol. The fourth-order valence-corrected chi connectivity index (χ4v) is 2.72. The summed E-state index contributed by atoms with van der Waals surface area (Å²) in [6.07, 6.45) is 3.55. The number of benzene rings is 1. The summed E-state index contributed by atoms with van der Waals surface area (Å²) in [5.74, 6) is 0.284. The van der Waals surface area contributed by atoms with Gasteiger partial charge in [-0.05, 0) is 37.6 Å². The van der Waals surface area contributed by atoms with Gasteiger partial charge in [-0.3, -0.25) is 9.36 Å². The zero-order valence-electron chi connectivity index (χ0n) is 13.9. The van der Waals surface area contributed by atoms with E-state index in [0.717, 1.165) is 16.0 Å². The first kappa shape index (κ1) is 16.9. The van der Waals surface area contributed by atoms with E-state index >= 15 is 0 Å². The Hall–Kier alpha value is -2.96. The lowest BCUT2D eigenvalue weighted by atomic mass is 10.1. The van der Waals surface area contributed by atoms with Crippen molar-refractivity contribution in [2.24, 2.45) is 0 Å². The highest BCUT2D eigenvalue weighted by Gasteiger charge is 2.19. The molecule has 1 N–H and O–H groups in total. The molecule has 1 amide bonds. The Morgan fingerprint density at radius 1 is 1.20 bits per heavy atom. The molecule has 2 aromatic heterocycles. The number of imidazole rings is 1. The maximum absolute atomic E-state index is 13.2. The van der Waals surface area contributed by atoms with Gasteiger partial charge in [-0.25, -0.2) is 4.98 Å². The number of hydrogen-bond acceptors (Lipinski definition) is 2. The van der Waals surface area contributed by atoms with Crippen molar-refractivity contribution in [1.82, 2.24) is 14.1 Å². The molecule has 0 saturated carbocycles. The molecule has 7 heteroatoms. The first-order valence-corrected chi connectivity index (χ1v) is 7.80. The smallest absolute Gasteiger partial charge is 0.319 e. The summed E-state index contributed by atoms with van der Waals surface area (Å²) in [5.41, 5.74) is 1.72. The van der Waals surface area contributed by atoms with Gasteiger partial charge in [0.2, 0.25) is 0 Å². The summed E-state index contributed by atoms with van der Waals surface area (Å²) in [7, 11) is 0. The number of halogens is 2. The SMILES string of the molecule is Cc1nccn1Cc1ccccc1NC(=O)c1ccc(C)n1C(F)F. The molecule has 0 aliphatic heterocycles. The lowest BCUT2D eigenvalue weighted by molar-refractivity contribution is 0.0632. The number of nitrogens with zero attached hydrogens (tertiary/aromatic N) is 3. The molecule has 0 bridgehead atoms. The monoisotopic (exact) mass is 344 g/mol. The third kappa shape index (κ3) is 3.45.